The Balaban J connectivity index is 1.29. The minimum atomic E-state index is -0.0323. The van der Waals surface area contributed by atoms with Gasteiger partial charge in [-0.25, -0.2) is 0 Å². The zero-order chi connectivity index (χ0) is 24.8. The fraction of sp³-hybridized carbons (Fsp3) is 0.481. The second-order valence-corrected chi connectivity index (χ2v) is 9.15. The summed E-state index contributed by atoms with van der Waals surface area (Å²) in [5.41, 5.74) is 3.08. The molecule has 35 heavy (non-hydrogen) atoms. The summed E-state index contributed by atoms with van der Waals surface area (Å²) in [5, 5.41) is 2.93. The number of carbonyl (C=O) groups excluding carboxylic acids is 2. The molecule has 2 aliphatic heterocycles. The molecule has 0 aliphatic carbocycles. The van der Waals surface area contributed by atoms with Crippen molar-refractivity contribution in [3.63, 3.8) is 0 Å². The zero-order valence-electron chi connectivity index (χ0n) is 20.8. The topological polar surface area (TPSA) is 80.3 Å². The Hall–Kier alpha value is -3.26. The SMILES string of the molecule is COc1ccc(NC(=O)CCN2CCCC(C(=O)N3CCc4cc(OC)c(OC)cc4C3)C2)cc1. The van der Waals surface area contributed by atoms with Gasteiger partial charge in [0.25, 0.3) is 0 Å². The Bertz CT molecular complexity index is 1040. The average Bonchev–Trinajstić information content (AvgIpc) is 2.91. The summed E-state index contributed by atoms with van der Waals surface area (Å²) in [7, 11) is 4.88. The van der Waals surface area contributed by atoms with Gasteiger partial charge >= 0.3 is 0 Å². The highest BCUT2D eigenvalue weighted by Gasteiger charge is 2.31. The molecular formula is C27H35N3O5. The van der Waals surface area contributed by atoms with Gasteiger partial charge in [-0.05, 0) is 73.3 Å². The van der Waals surface area contributed by atoms with Crippen LogP contribution in [0.1, 0.15) is 30.4 Å². The van der Waals surface area contributed by atoms with Crippen molar-refractivity contribution in [2.75, 3.05) is 52.8 Å². The number of hydrogen-bond donors (Lipinski definition) is 1. The van der Waals surface area contributed by atoms with E-state index in [0.29, 0.717) is 38.3 Å². The molecule has 1 unspecified atom stereocenters. The second-order valence-electron chi connectivity index (χ2n) is 9.15. The number of amides is 2. The monoisotopic (exact) mass is 481 g/mol. The van der Waals surface area contributed by atoms with E-state index >= 15 is 0 Å². The molecule has 1 saturated heterocycles. The quantitative estimate of drug-likeness (QED) is 0.623. The van der Waals surface area contributed by atoms with Crippen LogP contribution in [0.3, 0.4) is 0 Å². The van der Waals surface area contributed by atoms with E-state index in [4.69, 9.17) is 14.2 Å². The molecule has 4 rings (SSSR count). The van der Waals surface area contributed by atoms with Crippen LogP contribution in [0.4, 0.5) is 5.69 Å². The van der Waals surface area contributed by atoms with Crippen LogP contribution in [0.15, 0.2) is 36.4 Å². The predicted molar refractivity (Wildman–Crippen MR) is 134 cm³/mol. The lowest BCUT2D eigenvalue weighted by Gasteiger charge is -2.36. The van der Waals surface area contributed by atoms with Gasteiger partial charge in [0.1, 0.15) is 5.75 Å². The summed E-state index contributed by atoms with van der Waals surface area (Å²) < 4.78 is 16.0. The van der Waals surface area contributed by atoms with Gasteiger partial charge in [0.05, 0.1) is 27.2 Å². The van der Waals surface area contributed by atoms with Crippen molar-refractivity contribution in [1.29, 1.82) is 0 Å². The lowest BCUT2D eigenvalue weighted by atomic mass is 9.93. The molecule has 1 N–H and O–H groups in total. The first-order valence-corrected chi connectivity index (χ1v) is 12.2. The maximum atomic E-state index is 13.4. The van der Waals surface area contributed by atoms with E-state index < -0.39 is 0 Å². The molecular weight excluding hydrogens is 446 g/mol. The van der Waals surface area contributed by atoms with Gasteiger partial charge in [-0.15, -0.1) is 0 Å². The maximum absolute atomic E-state index is 13.4. The Morgan fingerprint density at radius 2 is 1.69 bits per heavy atom. The highest BCUT2D eigenvalue weighted by atomic mass is 16.5. The van der Waals surface area contributed by atoms with E-state index in [9.17, 15) is 9.59 Å². The van der Waals surface area contributed by atoms with E-state index in [0.717, 1.165) is 48.6 Å². The lowest BCUT2D eigenvalue weighted by Crippen LogP contribution is -2.46. The molecule has 2 heterocycles. The predicted octanol–water partition coefficient (Wildman–Crippen LogP) is 3.34. The summed E-state index contributed by atoms with van der Waals surface area (Å²) in [5.74, 6) is 2.32. The molecule has 1 atom stereocenters. The van der Waals surface area contributed by atoms with E-state index in [1.807, 2.05) is 41.3 Å². The normalized spacial score (nSPS) is 17.9. The van der Waals surface area contributed by atoms with Crippen molar-refractivity contribution in [2.24, 2.45) is 5.92 Å². The minimum Gasteiger partial charge on any atom is -0.497 e. The largest absolute Gasteiger partial charge is 0.497 e. The Morgan fingerprint density at radius 1 is 0.971 bits per heavy atom. The van der Waals surface area contributed by atoms with Gasteiger partial charge in [0.15, 0.2) is 11.5 Å². The summed E-state index contributed by atoms with van der Waals surface area (Å²) in [6.45, 7) is 3.56. The summed E-state index contributed by atoms with van der Waals surface area (Å²) in [6, 6.07) is 11.3. The summed E-state index contributed by atoms with van der Waals surface area (Å²) in [4.78, 5) is 30.0. The number of nitrogens with zero attached hydrogens (tertiary/aromatic N) is 2. The Kier molecular flexibility index (Phi) is 8.13. The smallest absolute Gasteiger partial charge is 0.227 e. The van der Waals surface area contributed by atoms with Gasteiger partial charge in [-0.1, -0.05) is 0 Å². The lowest BCUT2D eigenvalue weighted by molar-refractivity contribution is -0.138. The van der Waals surface area contributed by atoms with Gasteiger partial charge in [0.2, 0.25) is 11.8 Å². The molecule has 8 heteroatoms. The highest BCUT2D eigenvalue weighted by Crippen LogP contribution is 2.34. The summed E-state index contributed by atoms with van der Waals surface area (Å²) >= 11 is 0. The van der Waals surface area contributed by atoms with Crippen LogP contribution in [-0.2, 0) is 22.6 Å². The first-order chi connectivity index (χ1) is 17.0. The average molecular weight is 482 g/mol. The zero-order valence-corrected chi connectivity index (χ0v) is 20.8. The van der Waals surface area contributed by atoms with Gasteiger partial charge in [-0.2, -0.15) is 0 Å². The first-order valence-electron chi connectivity index (χ1n) is 12.2. The Morgan fingerprint density at radius 3 is 2.37 bits per heavy atom. The van der Waals surface area contributed by atoms with E-state index in [1.54, 1.807) is 21.3 Å². The summed E-state index contributed by atoms with van der Waals surface area (Å²) in [6.07, 6.45) is 3.06. The van der Waals surface area contributed by atoms with Gasteiger partial charge in [0, 0.05) is 38.3 Å². The van der Waals surface area contributed by atoms with Crippen molar-refractivity contribution in [2.45, 2.75) is 32.2 Å². The van der Waals surface area contributed by atoms with Crippen LogP contribution in [-0.4, -0.2) is 69.1 Å². The number of piperidine rings is 1. The molecule has 188 valence electrons. The standard InChI is InChI=1S/C27H35N3O5/c1-33-23-8-6-22(7-9-23)28-26(31)11-13-29-12-4-5-20(17-29)27(32)30-14-10-19-15-24(34-2)25(35-3)16-21(19)18-30/h6-9,15-16,20H,4-5,10-14,17-18H2,1-3H3,(H,28,31). The van der Waals surface area contributed by atoms with Crippen molar-refractivity contribution >= 4 is 17.5 Å². The van der Waals surface area contributed by atoms with E-state index in [1.165, 1.54) is 5.56 Å². The van der Waals surface area contributed by atoms with Crippen molar-refractivity contribution in [3.8, 4) is 17.2 Å². The molecule has 0 spiro atoms. The molecule has 8 nitrogen and oxygen atoms in total. The first kappa shape index (κ1) is 24.9. The van der Waals surface area contributed by atoms with Gasteiger partial charge in [-0.3, -0.25) is 9.59 Å². The fourth-order valence-corrected chi connectivity index (χ4v) is 4.95. The van der Waals surface area contributed by atoms with Crippen LogP contribution >= 0.6 is 0 Å². The molecule has 0 aromatic heterocycles. The van der Waals surface area contributed by atoms with Crippen LogP contribution in [0.25, 0.3) is 0 Å². The maximum Gasteiger partial charge on any atom is 0.227 e. The van der Waals surface area contributed by atoms with Crippen LogP contribution in [0, 0.1) is 5.92 Å². The number of carbonyl (C=O) groups is 2. The molecule has 0 bridgehead atoms. The number of rotatable bonds is 8. The third-order valence-corrected chi connectivity index (χ3v) is 6.91. The van der Waals surface area contributed by atoms with Crippen LogP contribution in [0.2, 0.25) is 0 Å². The highest BCUT2D eigenvalue weighted by molar-refractivity contribution is 5.90. The van der Waals surface area contributed by atoms with Crippen LogP contribution in [0.5, 0.6) is 17.2 Å². The minimum absolute atomic E-state index is 0.0272. The molecule has 2 amide bonds. The third kappa shape index (κ3) is 6.06. The number of anilines is 1. The third-order valence-electron chi connectivity index (χ3n) is 6.91. The number of fused-ring (bicyclic) bond motifs is 1. The van der Waals surface area contributed by atoms with Crippen molar-refractivity contribution in [3.05, 3.63) is 47.5 Å². The van der Waals surface area contributed by atoms with E-state index in [2.05, 4.69) is 10.2 Å². The van der Waals surface area contributed by atoms with Crippen molar-refractivity contribution in [1.82, 2.24) is 9.80 Å². The van der Waals surface area contributed by atoms with Crippen LogP contribution < -0.4 is 19.5 Å². The van der Waals surface area contributed by atoms with E-state index in [-0.39, 0.29) is 17.7 Å². The Labute approximate surface area is 207 Å². The molecule has 2 aromatic carbocycles. The van der Waals surface area contributed by atoms with Gasteiger partial charge < -0.3 is 29.3 Å². The molecule has 0 saturated carbocycles. The second kappa shape index (κ2) is 11.4. The molecule has 1 fully saturated rings. The fourth-order valence-electron chi connectivity index (χ4n) is 4.95. The van der Waals surface area contributed by atoms with Crippen molar-refractivity contribution < 1.29 is 23.8 Å². The number of hydrogen-bond acceptors (Lipinski definition) is 6. The number of methoxy groups -OCH3 is 3. The number of benzene rings is 2. The number of likely N-dealkylation sites (tertiary alicyclic amines) is 1. The molecule has 0 radical (unpaired) electrons. The number of nitrogens with one attached hydrogen (secondary N) is 1. The molecule has 2 aromatic rings. The molecule has 2 aliphatic rings. The number of ether oxygens (including phenoxy) is 3.